The maximum atomic E-state index is 11.4. The molecule has 8 heteroatoms. The summed E-state index contributed by atoms with van der Waals surface area (Å²) >= 11 is 0. The van der Waals surface area contributed by atoms with E-state index in [0.717, 1.165) is 11.8 Å². The van der Waals surface area contributed by atoms with E-state index >= 15 is 0 Å². The Morgan fingerprint density at radius 1 is 1.15 bits per heavy atom. The monoisotopic (exact) mass is 386 g/mol. The Labute approximate surface area is 154 Å². The molecule has 5 atom stereocenters. The zero-order valence-electron chi connectivity index (χ0n) is 15.4. The van der Waals surface area contributed by atoms with Crippen LogP contribution >= 0.6 is 0 Å². The first kappa shape index (κ1) is 19.7. The third-order valence-corrected chi connectivity index (χ3v) is 5.43. The standard InChI is InChI=1S/C18H26O7S/c1-17(2)15(25-17)16-18(3,19)14(13(24-16)11-23-26(4,20)21)22-10-12-8-6-5-7-9-12/h5-9,13-16,19H,10-11H2,1-4H3/t13-,14+,15?,16?,18-/m1/s1. The van der Waals surface area contributed by atoms with E-state index in [4.69, 9.17) is 18.4 Å². The SMILES string of the molecule is CC1(C)OC1C1O[C@H](COS(C)(=O)=O)[C@H](OCc2ccccc2)[C@@]1(C)O. The first-order valence-electron chi connectivity index (χ1n) is 8.56. The van der Waals surface area contributed by atoms with Gasteiger partial charge in [0.25, 0.3) is 10.1 Å². The smallest absolute Gasteiger partial charge is 0.264 e. The number of benzene rings is 1. The number of hydrogen-bond donors (Lipinski definition) is 1. The molecule has 2 fully saturated rings. The van der Waals surface area contributed by atoms with E-state index in [1.807, 2.05) is 44.2 Å². The molecule has 0 aliphatic carbocycles. The molecule has 2 aliphatic rings. The molecule has 2 saturated heterocycles. The normalized spacial score (nSPS) is 36.2. The van der Waals surface area contributed by atoms with Crippen molar-refractivity contribution in [2.75, 3.05) is 12.9 Å². The van der Waals surface area contributed by atoms with Gasteiger partial charge in [-0.3, -0.25) is 4.18 Å². The van der Waals surface area contributed by atoms with Crippen LogP contribution < -0.4 is 0 Å². The minimum atomic E-state index is -3.63. The Kier molecular flexibility index (Phi) is 5.20. The van der Waals surface area contributed by atoms with Gasteiger partial charge in [-0.25, -0.2) is 0 Å². The van der Waals surface area contributed by atoms with Crippen LogP contribution in [-0.2, 0) is 35.1 Å². The summed E-state index contributed by atoms with van der Waals surface area (Å²) in [5.74, 6) is 0. The van der Waals surface area contributed by atoms with Crippen molar-refractivity contribution in [2.45, 2.75) is 63.0 Å². The largest absolute Gasteiger partial charge is 0.385 e. The van der Waals surface area contributed by atoms with Crippen molar-refractivity contribution in [1.82, 2.24) is 0 Å². The summed E-state index contributed by atoms with van der Waals surface area (Å²) in [5.41, 5.74) is -0.804. The van der Waals surface area contributed by atoms with Gasteiger partial charge in [-0.2, -0.15) is 8.42 Å². The molecular formula is C18H26O7S. The first-order chi connectivity index (χ1) is 12.0. The third kappa shape index (κ3) is 4.27. The predicted octanol–water partition coefficient (Wildman–Crippen LogP) is 1.24. The van der Waals surface area contributed by atoms with E-state index in [1.165, 1.54) is 0 Å². The molecule has 0 aromatic heterocycles. The van der Waals surface area contributed by atoms with Crippen LogP contribution in [0.2, 0.25) is 0 Å². The molecular weight excluding hydrogens is 360 g/mol. The van der Waals surface area contributed by atoms with Crippen LogP contribution in [0.5, 0.6) is 0 Å². The van der Waals surface area contributed by atoms with Crippen LogP contribution in [0.3, 0.4) is 0 Å². The van der Waals surface area contributed by atoms with Gasteiger partial charge in [-0.1, -0.05) is 30.3 Å². The van der Waals surface area contributed by atoms with E-state index in [9.17, 15) is 13.5 Å². The van der Waals surface area contributed by atoms with Crippen LogP contribution in [0, 0.1) is 0 Å². The van der Waals surface area contributed by atoms with Gasteiger partial charge in [0.2, 0.25) is 0 Å². The Morgan fingerprint density at radius 3 is 2.31 bits per heavy atom. The Hall–Kier alpha value is -1.03. The minimum Gasteiger partial charge on any atom is -0.385 e. The predicted molar refractivity (Wildman–Crippen MR) is 94.1 cm³/mol. The van der Waals surface area contributed by atoms with Gasteiger partial charge in [0.1, 0.15) is 30.0 Å². The lowest BCUT2D eigenvalue weighted by atomic mass is 9.88. The summed E-state index contributed by atoms with van der Waals surface area (Å²) in [5, 5.41) is 11.1. The molecule has 0 amide bonds. The van der Waals surface area contributed by atoms with Crippen molar-refractivity contribution in [2.24, 2.45) is 0 Å². The highest BCUT2D eigenvalue weighted by molar-refractivity contribution is 7.85. The van der Waals surface area contributed by atoms with E-state index < -0.39 is 39.6 Å². The summed E-state index contributed by atoms with van der Waals surface area (Å²) in [6.45, 7) is 5.50. The van der Waals surface area contributed by atoms with Crippen LogP contribution in [-0.4, -0.2) is 62.0 Å². The lowest BCUT2D eigenvalue weighted by molar-refractivity contribution is -0.102. The van der Waals surface area contributed by atoms with Crippen LogP contribution in [0.4, 0.5) is 0 Å². The lowest BCUT2D eigenvalue weighted by Crippen LogP contribution is -2.50. The quantitative estimate of drug-likeness (QED) is 0.556. The molecule has 1 N–H and O–H groups in total. The van der Waals surface area contributed by atoms with Crippen LogP contribution in [0.15, 0.2) is 30.3 Å². The van der Waals surface area contributed by atoms with Gasteiger partial charge in [0, 0.05) is 0 Å². The summed E-state index contributed by atoms with van der Waals surface area (Å²) in [6, 6.07) is 9.53. The van der Waals surface area contributed by atoms with E-state index in [2.05, 4.69) is 0 Å². The highest BCUT2D eigenvalue weighted by Gasteiger charge is 2.65. The van der Waals surface area contributed by atoms with Gasteiger partial charge in [0.05, 0.1) is 25.1 Å². The van der Waals surface area contributed by atoms with E-state index in [1.54, 1.807) is 6.92 Å². The highest BCUT2D eigenvalue weighted by Crippen LogP contribution is 2.47. The summed E-state index contributed by atoms with van der Waals surface area (Å²) in [7, 11) is -3.63. The summed E-state index contributed by atoms with van der Waals surface area (Å²) < 4.78 is 45.2. The van der Waals surface area contributed by atoms with Gasteiger partial charge in [-0.15, -0.1) is 0 Å². The average molecular weight is 386 g/mol. The molecule has 2 heterocycles. The fraction of sp³-hybridized carbons (Fsp3) is 0.667. The lowest BCUT2D eigenvalue weighted by Gasteiger charge is -2.29. The van der Waals surface area contributed by atoms with Crippen LogP contribution in [0.1, 0.15) is 26.3 Å². The molecule has 7 nitrogen and oxygen atoms in total. The van der Waals surface area contributed by atoms with Gasteiger partial charge in [-0.05, 0) is 26.3 Å². The maximum Gasteiger partial charge on any atom is 0.264 e. The summed E-state index contributed by atoms with van der Waals surface area (Å²) in [6.07, 6.45) is -1.43. The number of epoxide rings is 1. The molecule has 1 aromatic carbocycles. The fourth-order valence-electron chi connectivity index (χ4n) is 3.39. The fourth-order valence-corrected chi connectivity index (χ4v) is 3.77. The second kappa shape index (κ2) is 6.85. The van der Waals surface area contributed by atoms with Gasteiger partial charge in [0.15, 0.2) is 0 Å². The molecule has 0 radical (unpaired) electrons. The van der Waals surface area contributed by atoms with Crippen LogP contribution in [0.25, 0.3) is 0 Å². The maximum absolute atomic E-state index is 11.4. The second-order valence-electron chi connectivity index (χ2n) is 7.67. The van der Waals surface area contributed by atoms with Crippen molar-refractivity contribution in [1.29, 1.82) is 0 Å². The highest BCUT2D eigenvalue weighted by atomic mass is 32.2. The Bertz CT molecular complexity index is 729. The van der Waals surface area contributed by atoms with Crippen molar-refractivity contribution < 1.29 is 31.9 Å². The molecule has 2 aliphatic heterocycles. The minimum absolute atomic E-state index is 0.224. The van der Waals surface area contributed by atoms with E-state index in [0.29, 0.717) is 0 Å². The molecule has 146 valence electrons. The number of rotatable bonds is 7. The van der Waals surface area contributed by atoms with Crippen molar-refractivity contribution in [3.8, 4) is 0 Å². The summed E-state index contributed by atoms with van der Waals surface area (Å²) in [4.78, 5) is 0. The van der Waals surface area contributed by atoms with E-state index in [-0.39, 0.29) is 19.3 Å². The van der Waals surface area contributed by atoms with Crippen molar-refractivity contribution >= 4 is 10.1 Å². The number of hydrogen-bond acceptors (Lipinski definition) is 7. The zero-order chi connectivity index (χ0) is 19.2. The molecule has 26 heavy (non-hydrogen) atoms. The second-order valence-corrected chi connectivity index (χ2v) is 9.31. The molecule has 0 spiro atoms. The molecule has 1 aromatic rings. The molecule has 0 bridgehead atoms. The number of ether oxygens (including phenoxy) is 3. The average Bonchev–Trinajstić information content (AvgIpc) is 3.07. The van der Waals surface area contributed by atoms with Crippen molar-refractivity contribution in [3.63, 3.8) is 0 Å². The third-order valence-electron chi connectivity index (χ3n) is 4.86. The Balaban J connectivity index is 1.76. The number of aliphatic hydroxyl groups is 1. The Morgan fingerprint density at radius 2 is 1.77 bits per heavy atom. The topological polar surface area (TPSA) is 94.6 Å². The molecule has 2 unspecified atom stereocenters. The van der Waals surface area contributed by atoms with Gasteiger partial charge >= 0.3 is 0 Å². The molecule has 3 rings (SSSR count). The van der Waals surface area contributed by atoms with Crippen molar-refractivity contribution in [3.05, 3.63) is 35.9 Å². The van der Waals surface area contributed by atoms with Gasteiger partial charge < -0.3 is 19.3 Å². The zero-order valence-corrected chi connectivity index (χ0v) is 16.2. The first-order valence-corrected chi connectivity index (χ1v) is 10.4. The molecule has 0 saturated carbocycles.